The van der Waals surface area contributed by atoms with Crippen LogP contribution in [0.25, 0.3) is 0 Å². The normalized spacial score (nSPS) is 17.1. The van der Waals surface area contributed by atoms with Gasteiger partial charge in [-0.25, -0.2) is 4.79 Å². The molecule has 1 unspecified atom stereocenters. The number of hydrogen-bond donors (Lipinski definition) is 2. The highest BCUT2D eigenvalue weighted by Crippen LogP contribution is 2.32. The molecule has 1 amide bonds. The molecule has 0 spiro atoms. The van der Waals surface area contributed by atoms with Gasteiger partial charge in [-0.05, 0) is 30.3 Å². The highest BCUT2D eigenvalue weighted by atomic mass is 32.1. The summed E-state index contributed by atoms with van der Waals surface area (Å²) in [4.78, 5) is 22.3. The first kappa shape index (κ1) is 10.0. The van der Waals surface area contributed by atoms with Crippen molar-refractivity contribution in [2.75, 3.05) is 0 Å². The summed E-state index contributed by atoms with van der Waals surface area (Å²) in [6.07, 6.45) is 1.71. The smallest absolute Gasteiger partial charge is 0.326 e. The van der Waals surface area contributed by atoms with Gasteiger partial charge in [0.15, 0.2) is 5.69 Å². The number of nitrogens with one attached hydrogen (secondary N) is 1. The van der Waals surface area contributed by atoms with Crippen molar-refractivity contribution >= 4 is 23.4 Å². The lowest BCUT2D eigenvalue weighted by Crippen LogP contribution is -2.42. The van der Waals surface area contributed by atoms with Crippen LogP contribution < -0.4 is 5.32 Å². The fraction of sp³-hybridized carbons (Fsp3) is 0.500. The predicted octanol–water partition coefficient (Wildman–Crippen LogP) is 0.131. The van der Waals surface area contributed by atoms with Crippen molar-refractivity contribution in [3.05, 3.63) is 11.1 Å². The number of carboxylic acid groups (broad SMARTS) is 1. The predicted molar refractivity (Wildman–Crippen MR) is 51.5 cm³/mol. The molecule has 2 N–H and O–H groups in total. The van der Waals surface area contributed by atoms with Gasteiger partial charge in [-0.1, -0.05) is 4.49 Å². The summed E-state index contributed by atoms with van der Waals surface area (Å²) in [7, 11) is 0. The third-order valence-electron chi connectivity index (χ3n) is 2.24. The van der Waals surface area contributed by atoms with E-state index in [-0.39, 0.29) is 11.6 Å². The summed E-state index contributed by atoms with van der Waals surface area (Å²) in [5, 5.41) is 16.4. The van der Waals surface area contributed by atoms with Crippen molar-refractivity contribution in [2.24, 2.45) is 5.92 Å². The fourth-order valence-electron chi connectivity index (χ4n) is 1.29. The summed E-state index contributed by atoms with van der Waals surface area (Å²) in [6, 6.07) is -0.792. The second kappa shape index (κ2) is 3.93. The van der Waals surface area contributed by atoms with Crippen LogP contribution in [0, 0.1) is 5.92 Å². The van der Waals surface area contributed by atoms with E-state index in [0.29, 0.717) is 0 Å². The van der Waals surface area contributed by atoms with Crippen LogP contribution in [0.15, 0.2) is 5.38 Å². The van der Waals surface area contributed by atoms with E-state index in [2.05, 4.69) is 14.9 Å². The Labute approximate surface area is 89.5 Å². The zero-order valence-electron chi connectivity index (χ0n) is 7.71. The Kier molecular flexibility index (Phi) is 2.63. The van der Waals surface area contributed by atoms with Crippen LogP contribution in [0.4, 0.5) is 0 Å². The van der Waals surface area contributed by atoms with Crippen molar-refractivity contribution in [2.45, 2.75) is 18.9 Å². The Hall–Kier alpha value is -1.50. The van der Waals surface area contributed by atoms with Crippen molar-refractivity contribution in [1.29, 1.82) is 0 Å². The summed E-state index contributed by atoms with van der Waals surface area (Å²) in [6.45, 7) is 0. The molecule has 1 aliphatic rings. The number of carboxylic acids is 1. The standard InChI is InChI=1S/C8H9N3O3S/c12-7(5-3-15-11-10-5)9-6(8(13)14)4-1-2-4/h3-4,6H,1-2H2,(H,9,12)(H,13,14). The molecular weight excluding hydrogens is 218 g/mol. The Balaban J connectivity index is 2.00. The number of nitrogens with zero attached hydrogens (tertiary/aromatic N) is 2. The van der Waals surface area contributed by atoms with Crippen LogP contribution in [0.2, 0.25) is 0 Å². The lowest BCUT2D eigenvalue weighted by atomic mass is 10.2. The van der Waals surface area contributed by atoms with E-state index in [9.17, 15) is 9.59 Å². The van der Waals surface area contributed by atoms with Gasteiger partial charge in [0.1, 0.15) is 6.04 Å². The molecule has 1 aliphatic carbocycles. The molecule has 1 atom stereocenters. The van der Waals surface area contributed by atoms with Crippen LogP contribution in [0.1, 0.15) is 23.3 Å². The molecule has 15 heavy (non-hydrogen) atoms. The van der Waals surface area contributed by atoms with E-state index in [1.165, 1.54) is 5.38 Å². The van der Waals surface area contributed by atoms with Gasteiger partial charge in [-0.15, -0.1) is 5.10 Å². The molecule has 80 valence electrons. The van der Waals surface area contributed by atoms with Gasteiger partial charge in [0.2, 0.25) is 0 Å². The van der Waals surface area contributed by atoms with Crippen LogP contribution in [0.5, 0.6) is 0 Å². The quantitative estimate of drug-likeness (QED) is 0.762. The molecule has 1 aromatic rings. The molecule has 1 aromatic heterocycles. The molecule has 0 aromatic carbocycles. The molecule has 6 nitrogen and oxygen atoms in total. The van der Waals surface area contributed by atoms with E-state index in [0.717, 1.165) is 24.4 Å². The van der Waals surface area contributed by atoms with E-state index >= 15 is 0 Å². The number of aliphatic carboxylic acids is 1. The number of carbonyl (C=O) groups excluding carboxylic acids is 1. The zero-order valence-corrected chi connectivity index (χ0v) is 8.53. The first-order chi connectivity index (χ1) is 7.18. The molecule has 2 rings (SSSR count). The summed E-state index contributed by atoms with van der Waals surface area (Å²) in [5.41, 5.74) is 0.173. The number of rotatable bonds is 4. The van der Waals surface area contributed by atoms with Gasteiger partial charge in [0.25, 0.3) is 5.91 Å². The molecule has 0 saturated heterocycles. The second-order valence-electron chi connectivity index (χ2n) is 3.42. The van der Waals surface area contributed by atoms with Gasteiger partial charge in [-0.2, -0.15) is 0 Å². The maximum Gasteiger partial charge on any atom is 0.326 e. The van der Waals surface area contributed by atoms with E-state index in [1.54, 1.807) is 0 Å². The van der Waals surface area contributed by atoms with Gasteiger partial charge in [0, 0.05) is 5.38 Å². The maximum absolute atomic E-state index is 11.5. The second-order valence-corrected chi connectivity index (χ2v) is 4.03. The summed E-state index contributed by atoms with van der Waals surface area (Å²) >= 11 is 1.06. The Morgan fingerprint density at radius 1 is 1.60 bits per heavy atom. The van der Waals surface area contributed by atoms with Crippen LogP contribution in [-0.2, 0) is 4.79 Å². The number of carbonyl (C=O) groups is 2. The van der Waals surface area contributed by atoms with E-state index in [1.807, 2.05) is 0 Å². The number of amides is 1. The van der Waals surface area contributed by atoms with Crippen LogP contribution >= 0.6 is 11.5 Å². The fourth-order valence-corrected chi connectivity index (χ4v) is 1.73. The molecule has 1 fully saturated rings. The average molecular weight is 227 g/mol. The highest BCUT2D eigenvalue weighted by Gasteiger charge is 2.37. The first-order valence-corrected chi connectivity index (χ1v) is 5.33. The lowest BCUT2D eigenvalue weighted by molar-refractivity contribution is -0.139. The summed E-state index contributed by atoms with van der Waals surface area (Å²) < 4.78 is 3.54. The minimum atomic E-state index is -0.992. The van der Waals surface area contributed by atoms with Gasteiger partial charge in [0.05, 0.1) is 0 Å². The molecule has 0 aliphatic heterocycles. The third kappa shape index (κ3) is 2.30. The van der Waals surface area contributed by atoms with Gasteiger partial charge in [-0.3, -0.25) is 4.79 Å². The van der Waals surface area contributed by atoms with Crippen molar-refractivity contribution < 1.29 is 14.7 Å². The Morgan fingerprint density at radius 2 is 2.33 bits per heavy atom. The molecule has 0 radical (unpaired) electrons. The molecular formula is C8H9N3O3S. The van der Waals surface area contributed by atoms with E-state index < -0.39 is 17.9 Å². The number of aromatic nitrogens is 2. The van der Waals surface area contributed by atoms with Crippen molar-refractivity contribution in [3.8, 4) is 0 Å². The van der Waals surface area contributed by atoms with Crippen molar-refractivity contribution in [1.82, 2.24) is 14.9 Å². The lowest BCUT2D eigenvalue weighted by Gasteiger charge is -2.11. The monoisotopic (exact) mass is 227 g/mol. The highest BCUT2D eigenvalue weighted by molar-refractivity contribution is 7.03. The number of hydrogen-bond acceptors (Lipinski definition) is 5. The SMILES string of the molecule is O=C(NC(C(=O)O)C1CC1)c1csnn1. The summed E-state index contributed by atoms with van der Waals surface area (Å²) in [5.74, 6) is -1.39. The zero-order chi connectivity index (χ0) is 10.8. The maximum atomic E-state index is 11.5. The average Bonchev–Trinajstić information content (AvgIpc) is 2.87. The molecule has 1 heterocycles. The minimum Gasteiger partial charge on any atom is -0.480 e. The minimum absolute atomic E-state index is 0.0676. The van der Waals surface area contributed by atoms with Gasteiger partial charge < -0.3 is 10.4 Å². The van der Waals surface area contributed by atoms with E-state index in [4.69, 9.17) is 5.11 Å². The Morgan fingerprint density at radius 3 is 2.80 bits per heavy atom. The van der Waals surface area contributed by atoms with Crippen LogP contribution in [-0.4, -0.2) is 32.6 Å². The largest absolute Gasteiger partial charge is 0.480 e. The third-order valence-corrected chi connectivity index (χ3v) is 2.74. The van der Waals surface area contributed by atoms with Crippen LogP contribution in [0.3, 0.4) is 0 Å². The van der Waals surface area contributed by atoms with Crippen molar-refractivity contribution in [3.63, 3.8) is 0 Å². The first-order valence-electron chi connectivity index (χ1n) is 4.49. The molecule has 1 saturated carbocycles. The van der Waals surface area contributed by atoms with Gasteiger partial charge >= 0.3 is 5.97 Å². The topological polar surface area (TPSA) is 92.2 Å². The molecule has 0 bridgehead atoms. The Bertz CT molecular complexity index is 374. The molecule has 7 heteroatoms.